The Balaban J connectivity index is 2.00. The van der Waals surface area contributed by atoms with Crippen molar-refractivity contribution in [3.8, 4) is 5.75 Å². The van der Waals surface area contributed by atoms with Crippen molar-refractivity contribution in [2.45, 2.75) is 6.04 Å². The number of aromatic hydroxyl groups is 1. The van der Waals surface area contributed by atoms with Gasteiger partial charge in [0.25, 0.3) is 11.7 Å². The Hall–Kier alpha value is -3.35. The number of anilines is 1. The van der Waals surface area contributed by atoms with Crippen LogP contribution in [0.4, 0.5) is 10.1 Å². The van der Waals surface area contributed by atoms with Gasteiger partial charge in [0.2, 0.25) is 0 Å². The van der Waals surface area contributed by atoms with Gasteiger partial charge in [-0.1, -0.05) is 53.5 Å². The molecule has 8 heteroatoms. The minimum atomic E-state index is -1.32. The molecule has 2 N–H and O–H groups in total. The van der Waals surface area contributed by atoms with E-state index >= 15 is 0 Å². The highest BCUT2D eigenvalue weighted by Gasteiger charge is 2.48. The molecule has 0 spiro atoms. The number of halogens is 3. The second kappa shape index (κ2) is 8.06. The number of aliphatic hydroxyl groups is 1. The summed E-state index contributed by atoms with van der Waals surface area (Å²) in [5.41, 5.74) is -0.222. The lowest BCUT2D eigenvalue weighted by atomic mass is 9.94. The number of aliphatic hydroxyl groups excluding tert-OH is 1. The van der Waals surface area contributed by atoms with Crippen molar-refractivity contribution in [3.05, 3.63) is 99.3 Å². The van der Waals surface area contributed by atoms with Gasteiger partial charge in [-0.3, -0.25) is 14.5 Å². The van der Waals surface area contributed by atoms with Crippen LogP contribution >= 0.6 is 23.2 Å². The van der Waals surface area contributed by atoms with Crippen LogP contribution in [0.15, 0.2) is 72.3 Å². The second-order valence-corrected chi connectivity index (χ2v) is 7.62. The van der Waals surface area contributed by atoms with Crippen LogP contribution in [0.3, 0.4) is 0 Å². The number of hydrogen-bond donors (Lipinski definition) is 2. The molecule has 1 fully saturated rings. The second-order valence-electron chi connectivity index (χ2n) is 6.81. The van der Waals surface area contributed by atoms with Gasteiger partial charge in [0.1, 0.15) is 17.3 Å². The zero-order chi connectivity index (χ0) is 22.3. The highest BCUT2D eigenvalue weighted by molar-refractivity contribution is 6.52. The van der Waals surface area contributed by atoms with E-state index in [1.165, 1.54) is 48.5 Å². The molecule has 1 aliphatic heterocycles. The van der Waals surface area contributed by atoms with Crippen LogP contribution in [0.1, 0.15) is 17.2 Å². The largest absolute Gasteiger partial charge is 0.507 e. The molecule has 0 aliphatic carbocycles. The summed E-state index contributed by atoms with van der Waals surface area (Å²) in [5, 5.41) is 21.6. The van der Waals surface area contributed by atoms with Crippen LogP contribution in [0.2, 0.25) is 10.0 Å². The molecular weight excluding hydrogens is 444 g/mol. The average Bonchev–Trinajstić information content (AvgIpc) is 3.01. The van der Waals surface area contributed by atoms with Gasteiger partial charge >= 0.3 is 0 Å². The zero-order valence-corrected chi connectivity index (χ0v) is 17.2. The number of ketones is 1. The zero-order valence-electron chi connectivity index (χ0n) is 15.7. The molecule has 1 heterocycles. The fourth-order valence-corrected chi connectivity index (χ4v) is 3.84. The highest BCUT2D eigenvalue weighted by Crippen LogP contribution is 2.45. The van der Waals surface area contributed by atoms with Gasteiger partial charge in [-0.15, -0.1) is 0 Å². The summed E-state index contributed by atoms with van der Waals surface area (Å²) < 4.78 is 14.8. The Kier molecular flexibility index (Phi) is 5.43. The maximum absolute atomic E-state index is 14.8. The maximum Gasteiger partial charge on any atom is 0.300 e. The number of hydrogen-bond acceptors (Lipinski definition) is 4. The fourth-order valence-electron chi connectivity index (χ4n) is 3.54. The molecule has 0 radical (unpaired) electrons. The van der Waals surface area contributed by atoms with Gasteiger partial charge in [-0.05, 0) is 36.4 Å². The molecule has 0 aromatic heterocycles. The molecular formula is C23H14Cl2FNO4. The van der Waals surface area contributed by atoms with Crippen molar-refractivity contribution < 1.29 is 24.2 Å². The number of carbonyl (C=O) groups excluding carboxylic acids is 2. The van der Waals surface area contributed by atoms with E-state index in [-0.39, 0.29) is 38.2 Å². The first-order valence-corrected chi connectivity index (χ1v) is 9.85. The molecule has 0 bridgehead atoms. The first-order chi connectivity index (χ1) is 14.8. The summed E-state index contributed by atoms with van der Waals surface area (Å²) in [6.45, 7) is 0. The summed E-state index contributed by atoms with van der Waals surface area (Å²) in [6, 6.07) is 14.3. The monoisotopic (exact) mass is 457 g/mol. The smallest absolute Gasteiger partial charge is 0.300 e. The molecule has 3 aromatic carbocycles. The first-order valence-electron chi connectivity index (χ1n) is 9.10. The lowest BCUT2D eigenvalue weighted by molar-refractivity contribution is -0.132. The Labute approximate surface area is 186 Å². The Morgan fingerprint density at radius 1 is 0.935 bits per heavy atom. The third-order valence-corrected chi connectivity index (χ3v) is 5.72. The van der Waals surface area contributed by atoms with Gasteiger partial charge in [0.15, 0.2) is 0 Å². The number of phenolic OH excluding ortho intramolecular Hbond substituents is 1. The van der Waals surface area contributed by atoms with Gasteiger partial charge < -0.3 is 10.2 Å². The summed E-state index contributed by atoms with van der Waals surface area (Å²) in [4.78, 5) is 26.9. The maximum atomic E-state index is 14.8. The molecule has 1 unspecified atom stereocenters. The van der Waals surface area contributed by atoms with E-state index in [9.17, 15) is 24.2 Å². The van der Waals surface area contributed by atoms with Crippen molar-refractivity contribution in [1.82, 2.24) is 0 Å². The molecule has 0 saturated carbocycles. The van der Waals surface area contributed by atoms with E-state index < -0.39 is 29.3 Å². The van der Waals surface area contributed by atoms with Crippen molar-refractivity contribution in [2.75, 3.05) is 4.90 Å². The molecule has 156 valence electrons. The van der Waals surface area contributed by atoms with Crippen LogP contribution in [0, 0.1) is 5.82 Å². The number of benzene rings is 3. The van der Waals surface area contributed by atoms with Crippen LogP contribution < -0.4 is 4.90 Å². The average molecular weight is 458 g/mol. The van der Waals surface area contributed by atoms with Crippen molar-refractivity contribution in [2.24, 2.45) is 0 Å². The number of nitrogens with zero attached hydrogens (tertiary/aromatic N) is 1. The number of para-hydroxylation sites is 2. The SMILES string of the molecule is O=C1C(=O)N(c2ccccc2O)C(c2ccccc2F)/C1=C(\O)c1ccc(Cl)c(Cl)c1. The first kappa shape index (κ1) is 20.9. The summed E-state index contributed by atoms with van der Waals surface area (Å²) in [6.07, 6.45) is 0. The standard InChI is InChI=1S/C23H14Cl2FNO4/c24-14-10-9-12(11-15(14)25)21(29)19-20(13-5-1-2-6-16(13)26)27(23(31)22(19)30)17-7-3-4-8-18(17)28/h1-11,20,28-29H/b21-19+. The van der Waals surface area contributed by atoms with Crippen molar-refractivity contribution in [3.63, 3.8) is 0 Å². The van der Waals surface area contributed by atoms with E-state index in [0.29, 0.717) is 0 Å². The van der Waals surface area contributed by atoms with E-state index in [2.05, 4.69) is 0 Å². The molecule has 4 rings (SSSR count). The summed E-state index contributed by atoms with van der Waals surface area (Å²) >= 11 is 12.0. The van der Waals surface area contributed by atoms with Gasteiger partial charge in [-0.25, -0.2) is 4.39 Å². The minimum Gasteiger partial charge on any atom is -0.507 e. The van der Waals surface area contributed by atoms with E-state index in [4.69, 9.17) is 23.2 Å². The number of amides is 1. The fraction of sp³-hybridized carbons (Fsp3) is 0.0435. The Bertz CT molecular complexity index is 1260. The molecule has 1 amide bonds. The van der Waals surface area contributed by atoms with Crippen LogP contribution in [0.5, 0.6) is 5.75 Å². The lowest BCUT2D eigenvalue weighted by Gasteiger charge is -2.26. The molecule has 31 heavy (non-hydrogen) atoms. The molecule has 1 aliphatic rings. The molecule has 3 aromatic rings. The number of Topliss-reactive ketones (excluding diaryl/α,β-unsaturated/α-hetero) is 1. The number of carbonyl (C=O) groups is 2. The van der Waals surface area contributed by atoms with E-state index in [1.54, 1.807) is 18.2 Å². The summed E-state index contributed by atoms with van der Waals surface area (Å²) in [7, 11) is 0. The lowest BCUT2D eigenvalue weighted by Crippen LogP contribution is -2.29. The van der Waals surface area contributed by atoms with Crippen LogP contribution in [0.25, 0.3) is 5.76 Å². The van der Waals surface area contributed by atoms with E-state index in [1.807, 2.05) is 0 Å². The predicted molar refractivity (Wildman–Crippen MR) is 116 cm³/mol. The van der Waals surface area contributed by atoms with Crippen molar-refractivity contribution in [1.29, 1.82) is 0 Å². The third-order valence-electron chi connectivity index (χ3n) is 4.98. The molecule has 5 nitrogen and oxygen atoms in total. The normalized spacial score (nSPS) is 17.9. The number of phenols is 1. The highest BCUT2D eigenvalue weighted by atomic mass is 35.5. The van der Waals surface area contributed by atoms with Crippen LogP contribution in [-0.4, -0.2) is 21.9 Å². The molecule has 1 saturated heterocycles. The third kappa shape index (κ3) is 3.54. The minimum absolute atomic E-state index is 0.00559. The van der Waals surface area contributed by atoms with Gasteiger partial charge in [-0.2, -0.15) is 0 Å². The van der Waals surface area contributed by atoms with E-state index in [0.717, 1.165) is 4.90 Å². The summed E-state index contributed by atoms with van der Waals surface area (Å²) in [5.74, 6) is -3.55. The Morgan fingerprint density at radius 2 is 1.61 bits per heavy atom. The number of rotatable bonds is 3. The van der Waals surface area contributed by atoms with Crippen molar-refractivity contribution >= 4 is 46.3 Å². The molecule has 1 atom stereocenters. The topological polar surface area (TPSA) is 77.8 Å². The van der Waals surface area contributed by atoms with Crippen LogP contribution in [-0.2, 0) is 9.59 Å². The van der Waals surface area contributed by atoms with Gasteiger partial charge in [0.05, 0.1) is 27.3 Å². The predicted octanol–water partition coefficient (Wildman–Crippen LogP) is 5.46. The van der Waals surface area contributed by atoms with Gasteiger partial charge in [0, 0.05) is 11.1 Å². The Morgan fingerprint density at radius 3 is 2.29 bits per heavy atom. The quantitative estimate of drug-likeness (QED) is 0.310.